The number of benzene rings is 2. The average Bonchev–Trinajstić information content (AvgIpc) is 2.63. The van der Waals surface area contributed by atoms with Gasteiger partial charge >= 0.3 is 0 Å². The monoisotopic (exact) mass is 494 g/mol. The van der Waals surface area contributed by atoms with Crippen LogP contribution in [0.25, 0.3) is 0 Å². The Bertz CT molecular complexity index is 780. The fourth-order valence-electron chi connectivity index (χ4n) is 2.97. The molecule has 0 aliphatic carbocycles. The van der Waals surface area contributed by atoms with Gasteiger partial charge in [-0.25, -0.2) is 0 Å². The van der Waals surface area contributed by atoms with Crippen LogP contribution in [0.1, 0.15) is 32.6 Å². The van der Waals surface area contributed by atoms with Gasteiger partial charge in [-0.05, 0) is 43.5 Å². The number of rotatable bonds is 6. The van der Waals surface area contributed by atoms with Gasteiger partial charge in [0.25, 0.3) is 5.91 Å². The van der Waals surface area contributed by atoms with Gasteiger partial charge in [0.15, 0.2) is 5.96 Å². The molecule has 152 valence electrons. The zero-order chi connectivity index (χ0) is 19.8. The third-order valence-electron chi connectivity index (χ3n) is 4.28. The molecule has 2 N–H and O–H groups in total. The zero-order valence-electron chi connectivity index (χ0n) is 17.4. The van der Waals surface area contributed by atoms with Crippen LogP contribution in [0.4, 0.5) is 0 Å². The van der Waals surface area contributed by atoms with E-state index in [0.29, 0.717) is 12.1 Å². The first kappa shape index (κ1) is 23.9. The molecule has 2 aromatic carbocycles. The Labute approximate surface area is 185 Å². The van der Waals surface area contributed by atoms with Crippen molar-refractivity contribution >= 4 is 35.8 Å². The summed E-state index contributed by atoms with van der Waals surface area (Å²) in [5.41, 5.74) is 5.71. The largest absolute Gasteiger partial charge is 0.356 e. The second kappa shape index (κ2) is 11.7. The SMILES string of the molecule is CN=C(NCCc1cc(C)cc(C)c1)NCc1ccc(C(=O)N(C)C)cc1.I. The molecule has 0 saturated heterocycles. The minimum Gasteiger partial charge on any atom is -0.356 e. The number of aryl methyl sites for hydroxylation is 2. The molecule has 0 aromatic heterocycles. The molecule has 0 heterocycles. The summed E-state index contributed by atoms with van der Waals surface area (Å²) in [5, 5.41) is 6.66. The number of hydrogen-bond acceptors (Lipinski definition) is 2. The van der Waals surface area contributed by atoms with Crippen molar-refractivity contribution in [3.63, 3.8) is 0 Å². The van der Waals surface area contributed by atoms with Crippen LogP contribution >= 0.6 is 24.0 Å². The summed E-state index contributed by atoms with van der Waals surface area (Å²) in [7, 11) is 5.28. The Kier molecular flexibility index (Phi) is 9.99. The van der Waals surface area contributed by atoms with E-state index < -0.39 is 0 Å². The Morgan fingerprint density at radius 2 is 1.57 bits per heavy atom. The van der Waals surface area contributed by atoms with Crippen molar-refractivity contribution in [2.45, 2.75) is 26.8 Å². The third-order valence-corrected chi connectivity index (χ3v) is 4.28. The highest BCUT2D eigenvalue weighted by molar-refractivity contribution is 14.0. The zero-order valence-corrected chi connectivity index (χ0v) is 19.7. The van der Waals surface area contributed by atoms with Crippen molar-refractivity contribution in [1.29, 1.82) is 0 Å². The lowest BCUT2D eigenvalue weighted by Gasteiger charge is -2.13. The van der Waals surface area contributed by atoms with Crippen molar-refractivity contribution in [1.82, 2.24) is 15.5 Å². The predicted molar refractivity (Wildman–Crippen MR) is 128 cm³/mol. The topological polar surface area (TPSA) is 56.7 Å². The first-order valence-electron chi connectivity index (χ1n) is 9.21. The Morgan fingerprint density at radius 3 is 2.11 bits per heavy atom. The highest BCUT2D eigenvalue weighted by atomic mass is 127. The fourth-order valence-corrected chi connectivity index (χ4v) is 2.97. The number of guanidine groups is 1. The van der Waals surface area contributed by atoms with Crippen molar-refractivity contribution < 1.29 is 4.79 Å². The molecule has 2 rings (SSSR count). The normalized spacial score (nSPS) is 10.8. The quantitative estimate of drug-likeness (QED) is 0.367. The Balaban J connectivity index is 0.00000392. The number of carbonyl (C=O) groups is 1. The molecular formula is C22H31IN4O. The maximum absolute atomic E-state index is 11.9. The molecule has 0 atom stereocenters. The highest BCUT2D eigenvalue weighted by Crippen LogP contribution is 2.09. The van der Waals surface area contributed by atoms with Gasteiger partial charge in [-0.3, -0.25) is 9.79 Å². The number of nitrogens with zero attached hydrogens (tertiary/aromatic N) is 2. The average molecular weight is 494 g/mol. The molecule has 6 heteroatoms. The number of nitrogens with one attached hydrogen (secondary N) is 2. The first-order valence-corrected chi connectivity index (χ1v) is 9.21. The van der Waals surface area contributed by atoms with Crippen molar-refractivity contribution in [3.8, 4) is 0 Å². The fraction of sp³-hybridized carbons (Fsp3) is 0.364. The number of aliphatic imine (C=N–C) groups is 1. The van der Waals surface area contributed by atoms with E-state index in [1.807, 2.05) is 24.3 Å². The van der Waals surface area contributed by atoms with Gasteiger partial charge in [0.05, 0.1) is 0 Å². The van der Waals surface area contributed by atoms with Gasteiger partial charge in [0, 0.05) is 39.8 Å². The van der Waals surface area contributed by atoms with Crippen LogP contribution in [0.5, 0.6) is 0 Å². The van der Waals surface area contributed by atoms with Gasteiger partial charge in [-0.1, -0.05) is 41.5 Å². The van der Waals surface area contributed by atoms with E-state index in [2.05, 4.69) is 47.7 Å². The molecule has 0 bridgehead atoms. The molecule has 0 unspecified atom stereocenters. The predicted octanol–water partition coefficient (Wildman–Crippen LogP) is 3.53. The van der Waals surface area contributed by atoms with E-state index in [1.165, 1.54) is 16.7 Å². The lowest BCUT2D eigenvalue weighted by Crippen LogP contribution is -2.37. The van der Waals surface area contributed by atoms with Crippen molar-refractivity contribution in [2.75, 3.05) is 27.7 Å². The number of carbonyl (C=O) groups excluding carboxylic acids is 1. The minimum atomic E-state index is 0. The molecule has 28 heavy (non-hydrogen) atoms. The van der Waals surface area contributed by atoms with Gasteiger partial charge in [0.1, 0.15) is 0 Å². The highest BCUT2D eigenvalue weighted by Gasteiger charge is 2.07. The summed E-state index contributed by atoms with van der Waals surface area (Å²) >= 11 is 0. The molecule has 0 aliphatic heterocycles. The summed E-state index contributed by atoms with van der Waals surface area (Å²) < 4.78 is 0. The molecule has 0 saturated carbocycles. The number of amides is 1. The van der Waals surface area contributed by atoms with E-state index in [9.17, 15) is 4.79 Å². The van der Waals surface area contributed by atoms with Crippen LogP contribution in [-0.2, 0) is 13.0 Å². The lowest BCUT2D eigenvalue weighted by molar-refractivity contribution is 0.0827. The maximum Gasteiger partial charge on any atom is 0.253 e. The van der Waals surface area contributed by atoms with E-state index >= 15 is 0 Å². The van der Waals surface area contributed by atoms with Crippen LogP contribution in [0.3, 0.4) is 0 Å². The molecule has 0 aliphatic rings. The van der Waals surface area contributed by atoms with Crippen LogP contribution in [0, 0.1) is 13.8 Å². The molecule has 0 spiro atoms. The molecule has 0 fully saturated rings. The van der Waals surface area contributed by atoms with Gasteiger partial charge < -0.3 is 15.5 Å². The lowest BCUT2D eigenvalue weighted by atomic mass is 10.1. The second-order valence-electron chi connectivity index (χ2n) is 7.00. The van der Waals surface area contributed by atoms with Gasteiger partial charge in [-0.2, -0.15) is 0 Å². The number of halogens is 1. The maximum atomic E-state index is 11.9. The summed E-state index contributed by atoms with van der Waals surface area (Å²) in [6.07, 6.45) is 0.949. The molecular weight excluding hydrogens is 463 g/mol. The molecule has 0 radical (unpaired) electrons. The Hall–Kier alpha value is -2.09. The minimum absolute atomic E-state index is 0. The molecule has 1 amide bonds. The van der Waals surface area contributed by atoms with E-state index in [0.717, 1.165) is 24.5 Å². The van der Waals surface area contributed by atoms with Crippen molar-refractivity contribution in [3.05, 3.63) is 70.3 Å². The smallest absolute Gasteiger partial charge is 0.253 e. The number of hydrogen-bond donors (Lipinski definition) is 2. The van der Waals surface area contributed by atoms with Gasteiger partial charge in [-0.15, -0.1) is 24.0 Å². The van der Waals surface area contributed by atoms with Crippen LogP contribution in [-0.4, -0.2) is 44.5 Å². The third kappa shape index (κ3) is 7.50. The van der Waals surface area contributed by atoms with Crippen LogP contribution in [0.2, 0.25) is 0 Å². The molecule has 5 nitrogen and oxygen atoms in total. The Morgan fingerprint density at radius 1 is 0.964 bits per heavy atom. The van der Waals surface area contributed by atoms with Crippen LogP contribution < -0.4 is 10.6 Å². The standard InChI is InChI=1S/C22H30N4O.HI/c1-16-12-17(2)14-19(13-16)10-11-24-22(23-3)25-15-18-6-8-20(9-7-18)21(27)26(4)5;/h6-9,12-14H,10-11,15H2,1-5H3,(H2,23,24,25);1H. The first-order chi connectivity index (χ1) is 12.9. The van der Waals surface area contributed by atoms with E-state index in [4.69, 9.17) is 0 Å². The van der Waals surface area contributed by atoms with Crippen molar-refractivity contribution in [2.24, 2.45) is 4.99 Å². The summed E-state index contributed by atoms with van der Waals surface area (Å²) in [6.45, 7) is 5.72. The van der Waals surface area contributed by atoms with Gasteiger partial charge in [0.2, 0.25) is 0 Å². The van der Waals surface area contributed by atoms with Crippen LogP contribution in [0.15, 0.2) is 47.5 Å². The summed E-state index contributed by atoms with van der Waals surface area (Å²) in [5.74, 6) is 0.784. The summed E-state index contributed by atoms with van der Waals surface area (Å²) in [4.78, 5) is 17.8. The van der Waals surface area contributed by atoms with E-state index in [1.54, 1.807) is 26.0 Å². The molecule has 2 aromatic rings. The van der Waals surface area contributed by atoms with E-state index in [-0.39, 0.29) is 29.9 Å². The second-order valence-corrected chi connectivity index (χ2v) is 7.00. The summed E-state index contributed by atoms with van der Waals surface area (Å²) in [6, 6.07) is 14.3.